The van der Waals surface area contributed by atoms with Gasteiger partial charge in [-0.25, -0.2) is 14.4 Å². The van der Waals surface area contributed by atoms with Crippen LogP contribution in [0.25, 0.3) is 22.2 Å². The first-order chi connectivity index (χ1) is 15.6. The van der Waals surface area contributed by atoms with Crippen molar-refractivity contribution >= 4 is 22.6 Å². The van der Waals surface area contributed by atoms with E-state index in [1.807, 2.05) is 6.07 Å². The molecule has 4 rings (SSSR count). The van der Waals surface area contributed by atoms with Crippen LogP contribution in [-0.4, -0.2) is 39.4 Å². The summed E-state index contributed by atoms with van der Waals surface area (Å²) >= 11 is 0. The smallest absolute Gasteiger partial charge is 0.254 e. The number of nitrogens with one attached hydrogen (secondary N) is 2. The average Bonchev–Trinajstić information content (AvgIpc) is 2.83. The summed E-state index contributed by atoms with van der Waals surface area (Å²) in [6, 6.07) is 10.9. The van der Waals surface area contributed by atoms with Gasteiger partial charge < -0.3 is 10.6 Å². The van der Waals surface area contributed by atoms with E-state index in [1.54, 1.807) is 30.5 Å². The Morgan fingerprint density at radius 1 is 1.16 bits per heavy atom. The van der Waals surface area contributed by atoms with Crippen molar-refractivity contribution in [2.75, 3.05) is 18.9 Å². The van der Waals surface area contributed by atoms with Crippen LogP contribution in [0.5, 0.6) is 0 Å². The highest BCUT2D eigenvalue weighted by Crippen LogP contribution is 2.24. The van der Waals surface area contributed by atoms with E-state index in [4.69, 9.17) is 5.26 Å². The standard InChI is InChI=1S/C23H18FN7O/c1-26-23(32)21-17-4-2-3-15(22(17)29-12-18(21)24)5-6-28-20-8-19(30-13-31-20)16-7-14(9-25)10-27-11-16/h2-4,7-8,10-13H,5-6H2,1H3,(H,26,32)(H,28,30,31). The molecular formula is C23H18FN7O. The number of para-hydroxylation sites is 1. The third kappa shape index (κ3) is 4.20. The molecule has 1 aromatic carbocycles. The number of anilines is 1. The molecule has 0 aliphatic rings. The Balaban J connectivity index is 1.53. The molecular weight excluding hydrogens is 409 g/mol. The van der Waals surface area contributed by atoms with Gasteiger partial charge in [-0.15, -0.1) is 0 Å². The molecule has 4 aromatic rings. The number of benzene rings is 1. The first-order valence-electron chi connectivity index (χ1n) is 9.80. The number of carbonyl (C=O) groups excluding carboxylic acids is 1. The van der Waals surface area contributed by atoms with Crippen LogP contribution in [0.3, 0.4) is 0 Å². The second-order valence-corrected chi connectivity index (χ2v) is 6.91. The zero-order valence-electron chi connectivity index (χ0n) is 17.1. The molecule has 0 atom stereocenters. The monoisotopic (exact) mass is 427 g/mol. The molecule has 0 aliphatic carbocycles. The zero-order chi connectivity index (χ0) is 22.5. The number of aromatic nitrogens is 4. The van der Waals surface area contributed by atoms with Crippen molar-refractivity contribution in [1.82, 2.24) is 25.3 Å². The second kappa shape index (κ2) is 9.14. The Hall–Kier alpha value is -4.45. The summed E-state index contributed by atoms with van der Waals surface area (Å²) in [6.45, 7) is 0.528. The average molecular weight is 427 g/mol. The molecule has 0 aliphatic heterocycles. The Kier molecular flexibility index (Phi) is 5.94. The number of halogens is 1. The maximum atomic E-state index is 14.2. The number of pyridine rings is 2. The molecule has 0 saturated carbocycles. The molecule has 3 heterocycles. The first-order valence-corrected chi connectivity index (χ1v) is 9.80. The van der Waals surface area contributed by atoms with Gasteiger partial charge in [0.15, 0.2) is 5.82 Å². The lowest BCUT2D eigenvalue weighted by Crippen LogP contribution is -2.20. The lowest BCUT2D eigenvalue weighted by molar-refractivity contribution is 0.0961. The lowest BCUT2D eigenvalue weighted by atomic mass is 10.0. The van der Waals surface area contributed by atoms with Crippen LogP contribution in [0.2, 0.25) is 0 Å². The van der Waals surface area contributed by atoms with Crippen LogP contribution in [-0.2, 0) is 6.42 Å². The first kappa shape index (κ1) is 20.8. The highest BCUT2D eigenvalue weighted by atomic mass is 19.1. The van der Waals surface area contributed by atoms with Crippen molar-refractivity contribution in [2.24, 2.45) is 0 Å². The SMILES string of the molecule is CNC(=O)c1c(F)cnc2c(CCNc3cc(-c4cncc(C#N)c4)ncn3)cccc12. The van der Waals surface area contributed by atoms with Crippen LogP contribution in [0, 0.1) is 17.1 Å². The third-order valence-electron chi connectivity index (χ3n) is 4.92. The summed E-state index contributed by atoms with van der Waals surface area (Å²) < 4.78 is 14.2. The minimum absolute atomic E-state index is 0.0130. The van der Waals surface area contributed by atoms with Gasteiger partial charge in [-0.05, 0) is 18.1 Å². The topological polar surface area (TPSA) is 116 Å². The van der Waals surface area contributed by atoms with E-state index in [1.165, 1.54) is 19.6 Å². The van der Waals surface area contributed by atoms with E-state index < -0.39 is 11.7 Å². The number of hydrogen-bond donors (Lipinski definition) is 2. The molecule has 158 valence electrons. The summed E-state index contributed by atoms with van der Waals surface area (Å²) in [5.41, 5.74) is 3.26. The van der Waals surface area contributed by atoms with Gasteiger partial charge in [-0.3, -0.25) is 14.8 Å². The fourth-order valence-corrected chi connectivity index (χ4v) is 3.40. The summed E-state index contributed by atoms with van der Waals surface area (Å²) in [7, 11) is 1.46. The zero-order valence-corrected chi connectivity index (χ0v) is 17.1. The minimum atomic E-state index is -0.657. The number of carbonyl (C=O) groups is 1. The van der Waals surface area contributed by atoms with Gasteiger partial charge in [0.05, 0.1) is 28.5 Å². The number of nitrogens with zero attached hydrogens (tertiary/aromatic N) is 5. The summed E-state index contributed by atoms with van der Waals surface area (Å²) in [5, 5.41) is 15.2. The number of hydrogen-bond acceptors (Lipinski definition) is 7. The highest BCUT2D eigenvalue weighted by Gasteiger charge is 2.17. The maximum Gasteiger partial charge on any atom is 0.254 e. The lowest BCUT2D eigenvalue weighted by Gasteiger charge is -2.11. The Morgan fingerprint density at radius 3 is 2.84 bits per heavy atom. The van der Waals surface area contributed by atoms with Crippen molar-refractivity contribution in [3.63, 3.8) is 0 Å². The van der Waals surface area contributed by atoms with E-state index in [2.05, 4.69) is 36.6 Å². The molecule has 0 unspecified atom stereocenters. The molecule has 8 nitrogen and oxygen atoms in total. The van der Waals surface area contributed by atoms with Crippen molar-refractivity contribution in [2.45, 2.75) is 6.42 Å². The van der Waals surface area contributed by atoms with Gasteiger partial charge in [0, 0.05) is 43.0 Å². The number of rotatable bonds is 6. The Bertz CT molecular complexity index is 1350. The molecule has 0 bridgehead atoms. The molecule has 2 N–H and O–H groups in total. The molecule has 0 fully saturated rings. The van der Waals surface area contributed by atoms with Gasteiger partial charge in [-0.1, -0.05) is 18.2 Å². The molecule has 32 heavy (non-hydrogen) atoms. The van der Waals surface area contributed by atoms with Gasteiger partial charge >= 0.3 is 0 Å². The number of nitriles is 1. The summed E-state index contributed by atoms with van der Waals surface area (Å²) in [4.78, 5) is 28.9. The molecule has 1 amide bonds. The third-order valence-corrected chi connectivity index (χ3v) is 4.92. The van der Waals surface area contributed by atoms with Crippen LogP contribution in [0.15, 0.2) is 55.2 Å². The summed E-state index contributed by atoms with van der Waals surface area (Å²) in [5.74, 6) is -0.535. The van der Waals surface area contributed by atoms with E-state index in [9.17, 15) is 9.18 Å². The maximum absolute atomic E-state index is 14.2. The number of amides is 1. The largest absolute Gasteiger partial charge is 0.370 e. The van der Waals surface area contributed by atoms with Gasteiger partial charge in [0.2, 0.25) is 0 Å². The predicted octanol–water partition coefficient (Wildman–Crippen LogP) is 3.11. The van der Waals surface area contributed by atoms with Gasteiger partial charge in [-0.2, -0.15) is 5.26 Å². The predicted molar refractivity (Wildman–Crippen MR) is 117 cm³/mol. The van der Waals surface area contributed by atoms with Crippen molar-refractivity contribution in [1.29, 1.82) is 5.26 Å². The highest BCUT2D eigenvalue weighted by molar-refractivity contribution is 6.06. The Labute approximate surface area is 183 Å². The quantitative estimate of drug-likeness (QED) is 0.486. The van der Waals surface area contributed by atoms with Crippen molar-refractivity contribution < 1.29 is 9.18 Å². The Morgan fingerprint density at radius 2 is 2.03 bits per heavy atom. The van der Waals surface area contributed by atoms with E-state index >= 15 is 0 Å². The molecule has 3 aromatic heterocycles. The molecule has 9 heteroatoms. The molecule has 0 spiro atoms. The van der Waals surface area contributed by atoms with Gasteiger partial charge in [0.25, 0.3) is 5.91 Å². The molecule has 0 saturated heterocycles. The normalized spacial score (nSPS) is 10.5. The minimum Gasteiger partial charge on any atom is -0.370 e. The molecule has 0 radical (unpaired) electrons. The number of fused-ring (bicyclic) bond motifs is 1. The van der Waals surface area contributed by atoms with Gasteiger partial charge in [0.1, 0.15) is 18.2 Å². The van der Waals surface area contributed by atoms with E-state index in [0.717, 1.165) is 17.3 Å². The summed E-state index contributed by atoms with van der Waals surface area (Å²) in [6.07, 6.45) is 6.22. The van der Waals surface area contributed by atoms with Crippen LogP contribution in [0.4, 0.5) is 10.2 Å². The van der Waals surface area contributed by atoms with Crippen LogP contribution >= 0.6 is 0 Å². The fourth-order valence-electron chi connectivity index (χ4n) is 3.40. The van der Waals surface area contributed by atoms with Crippen molar-refractivity contribution in [3.8, 4) is 17.3 Å². The fraction of sp³-hybridized carbons (Fsp3) is 0.130. The van der Waals surface area contributed by atoms with Crippen molar-refractivity contribution in [3.05, 3.63) is 77.8 Å². The van der Waals surface area contributed by atoms with E-state index in [0.29, 0.717) is 40.9 Å². The second-order valence-electron chi connectivity index (χ2n) is 6.91. The van der Waals surface area contributed by atoms with E-state index in [-0.39, 0.29) is 5.56 Å². The van der Waals surface area contributed by atoms with Crippen LogP contribution < -0.4 is 10.6 Å². The van der Waals surface area contributed by atoms with Crippen LogP contribution in [0.1, 0.15) is 21.5 Å².